The summed E-state index contributed by atoms with van der Waals surface area (Å²) >= 11 is 0. The first-order valence-electron chi connectivity index (χ1n) is 3.12. The molecule has 0 unspecified atom stereocenters. The van der Waals surface area contributed by atoms with Crippen molar-refractivity contribution in [3.05, 3.63) is 12.0 Å². The summed E-state index contributed by atoms with van der Waals surface area (Å²) in [7, 11) is 1.53. The van der Waals surface area contributed by atoms with Gasteiger partial charge in [-0.1, -0.05) is 0 Å². The van der Waals surface area contributed by atoms with E-state index in [9.17, 15) is 9.59 Å². The van der Waals surface area contributed by atoms with Gasteiger partial charge in [-0.3, -0.25) is 4.79 Å². The molecule has 0 radical (unpaired) electrons. The lowest BCUT2D eigenvalue weighted by Crippen LogP contribution is -2.05. The monoisotopic (exact) mass is 169 g/mol. The second-order valence-electron chi connectivity index (χ2n) is 2.13. The number of imidazole rings is 1. The molecule has 64 valence electrons. The summed E-state index contributed by atoms with van der Waals surface area (Å²) in [5.74, 6) is -1.01. The number of rotatable bonds is 3. The Balaban J connectivity index is 2.99. The summed E-state index contributed by atoms with van der Waals surface area (Å²) < 4.78 is 1.31. The lowest BCUT2D eigenvalue weighted by molar-refractivity contribution is -0.105. The first-order chi connectivity index (χ1) is 5.65. The fourth-order valence-corrected chi connectivity index (χ4v) is 0.795. The normalized spacial score (nSPS) is 9.42. The molecule has 0 aliphatic carbocycles. The number of carbonyl (C=O) groups is 2. The van der Waals surface area contributed by atoms with Gasteiger partial charge in [-0.15, -0.1) is 0 Å². The molecular formula is C6H7N3O3. The van der Waals surface area contributed by atoms with Gasteiger partial charge in [-0.2, -0.15) is 0 Å². The number of carboxylic acids is 1. The average Bonchev–Trinajstić information content (AvgIpc) is 2.32. The maximum atomic E-state index is 10.4. The highest BCUT2D eigenvalue weighted by Crippen LogP contribution is 2.05. The zero-order chi connectivity index (χ0) is 9.14. The highest BCUT2D eigenvalue weighted by Gasteiger charge is 2.10. The van der Waals surface area contributed by atoms with Crippen molar-refractivity contribution in [1.82, 2.24) is 9.55 Å². The highest BCUT2D eigenvalue weighted by atomic mass is 16.4. The van der Waals surface area contributed by atoms with Gasteiger partial charge in [0.15, 0.2) is 5.82 Å². The van der Waals surface area contributed by atoms with Crippen LogP contribution in [0.25, 0.3) is 0 Å². The van der Waals surface area contributed by atoms with Gasteiger partial charge < -0.3 is 15.0 Å². The number of nitrogens with zero attached hydrogens (tertiary/aromatic N) is 2. The van der Waals surface area contributed by atoms with Crippen molar-refractivity contribution in [3.8, 4) is 0 Å². The van der Waals surface area contributed by atoms with Crippen LogP contribution >= 0.6 is 0 Å². The van der Waals surface area contributed by atoms with Crippen LogP contribution in [-0.4, -0.2) is 27.0 Å². The maximum absolute atomic E-state index is 10.4. The van der Waals surface area contributed by atoms with Crippen LogP contribution in [0.4, 0.5) is 5.82 Å². The first-order valence-corrected chi connectivity index (χ1v) is 3.12. The minimum absolute atomic E-state index is 0.112. The van der Waals surface area contributed by atoms with Crippen LogP contribution in [0.15, 0.2) is 6.20 Å². The minimum atomic E-state index is -1.13. The second-order valence-corrected chi connectivity index (χ2v) is 2.13. The fourth-order valence-electron chi connectivity index (χ4n) is 0.795. The van der Waals surface area contributed by atoms with Crippen molar-refractivity contribution >= 4 is 18.2 Å². The Labute approximate surface area is 67.8 Å². The molecule has 1 amide bonds. The number of aromatic carboxylic acids is 1. The molecule has 1 rings (SSSR count). The average molecular weight is 169 g/mol. The molecule has 0 bridgehead atoms. The van der Waals surface area contributed by atoms with Gasteiger partial charge in [0.2, 0.25) is 12.2 Å². The molecule has 0 aliphatic heterocycles. The number of hydrogen-bond acceptors (Lipinski definition) is 3. The molecule has 0 atom stereocenters. The Hall–Kier alpha value is -1.85. The largest absolute Gasteiger partial charge is 0.475 e. The van der Waals surface area contributed by atoms with E-state index in [1.807, 2.05) is 0 Å². The summed E-state index contributed by atoms with van der Waals surface area (Å²) in [5, 5.41) is 10.8. The number of anilines is 1. The van der Waals surface area contributed by atoms with Crippen molar-refractivity contribution < 1.29 is 14.7 Å². The van der Waals surface area contributed by atoms with Crippen LogP contribution < -0.4 is 5.32 Å². The van der Waals surface area contributed by atoms with E-state index in [0.717, 1.165) is 0 Å². The molecule has 1 aromatic heterocycles. The van der Waals surface area contributed by atoms with E-state index in [1.165, 1.54) is 17.8 Å². The zero-order valence-electron chi connectivity index (χ0n) is 6.31. The predicted molar refractivity (Wildman–Crippen MR) is 39.9 cm³/mol. The Bertz CT molecular complexity index is 318. The topological polar surface area (TPSA) is 84.2 Å². The van der Waals surface area contributed by atoms with Gasteiger partial charge in [-0.25, -0.2) is 9.78 Å². The molecule has 0 saturated carbocycles. The van der Waals surface area contributed by atoms with E-state index in [0.29, 0.717) is 6.41 Å². The molecule has 2 N–H and O–H groups in total. The highest BCUT2D eigenvalue weighted by molar-refractivity contribution is 5.84. The molecule has 1 heterocycles. The van der Waals surface area contributed by atoms with Crippen molar-refractivity contribution in [2.24, 2.45) is 7.05 Å². The third-order valence-corrected chi connectivity index (χ3v) is 1.27. The Morgan fingerprint density at radius 1 is 1.83 bits per heavy atom. The number of aryl methyl sites for hydroxylation is 1. The van der Waals surface area contributed by atoms with E-state index in [1.54, 1.807) is 0 Å². The number of carbonyl (C=O) groups excluding carboxylic acids is 1. The van der Waals surface area contributed by atoms with E-state index in [4.69, 9.17) is 5.11 Å². The summed E-state index contributed by atoms with van der Waals surface area (Å²) in [4.78, 5) is 24.0. The molecule has 6 heteroatoms. The van der Waals surface area contributed by atoms with Gasteiger partial charge >= 0.3 is 5.97 Å². The second kappa shape index (κ2) is 3.04. The molecule has 0 aliphatic rings. The smallest absolute Gasteiger partial charge is 0.372 e. The Kier molecular flexibility index (Phi) is 2.09. The number of carboxylic acid groups (broad SMARTS) is 1. The first kappa shape index (κ1) is 8.25. The zero-order valence-corrected chi connectivity index (χ0v) is 6.31. The van der Waals surface area contributed by atoms with Crippen molar-refractivity contribution in [3.63, 3.8) is 0 Å². The van der Waals surface area contributed by atoms with Crippen molar-refractivity contribution in [2.45, 2.75) is 0 Å². The van der Waals surface area contributed by atoms with Gasteiger partial charge in [0.1, 0.15) is 0 Å². The standard InChI is InChI=1S/C6H7N3O3/c1-9-2-4(7-3-10)8-5(9)6(11)12/h2-3H,1H3,(H,7,10)(H,11,12). The summed E-state index contributed by atoms with van der Waals surface area (Å²) in [6, 6.07) is 0. The molecule has 0 saturated heterocycles. The van der Waals surface area contributed by atoms with Crippen LogP contribution in [-0.2, 0) is 11.8 Å². The third-order valence-electron chi connectivity index (χ3n) is 1.27. The number of hydrogen-bond donors (Lipinski definition) is 2. The number of amides is 1. The molecule has 0 aromatic carbocycles. The van der Waals surface area contributed by atoms with E-state index < -0.39 is 5.97 Å². The van der Waals surface area contributed by atoms with Crippen molar-refractivity contribution in [1.29, 1.82) is 0 Å². The maximum Gasteiger partial charge on any atom is 0.372 e. The summed E-state index contributed by atoms with van der Waals surface area (Å²) in [6.45, 7) is 0. The molecular weight excluding hydrogens is 162 g/mol. The van der Waals surface area contributed by atoms with E-state index >= 15 is 0 Å². The Morgan fingerprint density at radius 2 is 2.50 bits per heavy atom. The number of nitrogens with one attached hydrogen (secondary N) is 1. The van der Waals surface area contributed by atoms with Crippen molar-refractivity contribution in [2.75, 3.05) is 5.32 Å². The lowest BCUT2D eigenvalue weighted by atomic mass is 10.6. The lowest BCUT2D eigenvalue weighted by Gasteiger charge is -1.90. The molecule has 0 spiro atoms. The van der Waals surface area contributed by atoms with Gasteiger partial charge in [0, 0.05) is 13.2 Å². The SMILES string of the molecule is Cn1cc(NC=O)nc1C(=O)O. The Morgan fingerprint density at radius 3 is 2.92 bits per heavy atom. The molecule has 6 nitrogen and oxygen atoms in total. The summed E-state index contributed by atoms with van der Waals surface area (Å²) in [5.41, 5.74) is 0. The predicted octanol–water partition coefficient (Wildman–Crippen LogP) is -0.313. The number of aromatic nitrogens is 2. The van der Waals surface area contributed by atoms with Crippen LogP contribution in [0.1, 0.15) is 10.6 Å². The fraction of sp³-hybridized carbons (Fsp3) is 0.167. The van der Waals surface area contributed by atoms with Gasteiger partial charge in [0.05, 0.1) is 0 Å². The van der Waals surface area contributed by atoms with E-state index in [-0.39, 0.29) is 11.6 Å². The third kappa shape index (κ3) is 1.42. The summed E-state index contributed by atoms with van der Waals surface area (Å²) in [6.07, 6.45) is 1.85. The minimum Gasteiger partial charge on any atom is -0.475 e. The van der Waals surface area contributed by atoms with Crippen LogP contribution in [0.5, 0.6) is 0 Å². The van der Waals surface area contributed by atoms with Gasteiger partial charge in [0.25, 0.3) is 0 Å². The molecule has 1 aromatic rings. The van der Waals surface area contributed by atoms with E-state index in [2.05, 4.69) is 10.3 Å². The van der Waals surface area contributed by atoms with Crippen LogP contribution in [0.2, 0.25) is 0 Å². The van der Waals surface area contributed by atoms with Crippen LogP contribution in [0, 0.1) is 0 Å². The van der Waals surface area contributed by atoms with Gasteiger partial charge in [-0.05, 0) is 0 Å². The molecule has 12 heavy (non-hydrogen) atoms. The quantitative estimate of drug-likeness (QED) is 0.607. The molecule has 0 fully saturated rings. The van der Waals surface area contributed by atoms with Crippen LogP contribution in [0.3, 0.4) is 0 Å².